The van der Waals surface area contributed by atoms with Crippen molar-refractivity contribution in [2.24, 2.45) is 0 Å². The SMILES string of the molecule is CCN(C(=O)CC(=O)N(C)c1cccc(Cl)c1C(=O)O)c1ccccc1.CCN(C(=O)CC(=O)N(C)c1cccc(Cl)c1[C-]=O)c1ccccc1.[Y]. The van der Waals surface area contributed by atoms with Gasteiger partial charge in [-0.1, -0.05) is 76.9 Å². The van der Waals surface area contributed by atoms with Gasteiger partial charge in [-0.25, -0.2) is 4.79 Å². The van der Waals surface area contributed by atoms with E-state index >= 15 is 0 Å². The summed E-state index contributed by atoms with van der Waals surface area (Å²) < 4.78 is 0. The Bertz CT molecular complexity index is 1880. The molecule has 269 valence electrons. The zero-order valence-corrected chi connectivity index (χ0v) is 33.4. The molecule has 4 aromatic rings. The van der Waals surface area contributed by atoms with Gasteiger partial charge in [-0.05, 0) is 50.2 Å². The number of halogens is 2. The second-order valence-corrected chi connectivity index (χ2v) is 11.7. The average molecular weight is 822 g/mol. The van der Waals surface area contributed by atoms with E-state index in [1.54, 1.807) is 42.7 Å². The van der Waals surface area contributed by atoms with Crippen LogP contribution in [0.25, 0.3) is 0 Å². The average Bonchev–Trinajstić information content (AvgIpc) is 3.12. The van der Waals surface area contributed by atoms with Crippen LogP contribution >= 0.6 is 23.2 Å². The molecule has 0 bridgehead atoms. The molecule has 0 aliphatic carbocycles. The van der Waals surface area contributed by atoms with Gasteiger partial charge in [0, 0.05) is 71.3 Å². The van der Waals surface area contributed by atoms with Crippen LogP contribution in [0.5, 0.6) is 0 Å². The minimum atomic E-state index is -1.24. The molecule has 0 spiro atoms. The van der Waals surface area contributed by atoms with Gasteiger partial charge in [0.1, 0.15) is 18.4 Å². The third-order valence-electron chi connectivity index (χ3n) is 7.75. The first-order valence-corrected chi connectivity index (χ1v) is 16.5. The van der Waals surface area contributed by atoms with E-state index in [1.165, 1.54) is 40.9 Å². The van der Waals surface area contributed by atoms with Crippen molar-refractivity contribution in [3.63, 3.8) is 0 Å². The van der Waals surface area contributed by atoms with Crippen molar-refractivity contribution in [2.45, 2.75) is 26.7 Å². The Morgan fingerprint density at radius 1 is 0.596 bits per heavy atom. The quantitative estimate of drug-likeness (QED) is 0.125. The van der Waals surface area contributed by atoms with Crippen LogP contribution in [0.1, 0.15) is 42.6 Å². The maximum atomic E-state index is 12.5. The smallest absolute Gasteiger partial charge is 0.339 e. The van der Waals surface area contributed by atoms with Gasteiger partial charge >= 0.3 is 5.97 Å². The number of aromatic carboxylic acids is 1. The van der Waals surface area contributed by atoms with Crippen molar-refractivity contribution in [2.75, 3.05) is 46.8 Å². The molecule has 0 saturated heterocycles. The van der Waals surface area contributed by atoms with E-state index in [0.717, 1.165) is 10.6 Å². The van der Waals surface area contributed by atoms with E-state index in [4.69, 9.17) is 23.2 Å². The number of anilines is 4. The largest absolute Gasteiger partial charge is 0.478 e. The van der Waals surface area contributed by atoms with Gasteiger partial charge in [0.2, 0.25) is 23.6 Å². The van der Waals surface area contributed by atoms with Gasteiger partial charge in [-0.3, -0.25) is 19.2 Å². The summed E-state index contributed by atoms with van der Waals surface area (Å²) in [5.74, 6) is -2.87. The predicted molar refractivity (Wildman–Crippen MR) is 200 cm³/mol. The minimum Gasteiger partial charge on any atom is -0.478 e. The Morgan fingerprint density at radius 2 is 1.00 bits per heavy atom. The fourth-order valence-electron chi connectivity index (χ4n) is 5.07. The van der Waals surface area contributed by atoms with Crippen LogP contribution in [0.15, 0.2) is 97.1 Å². The fraction of sp³-hybridized carbons (Fsp3) is 0.211. The van der Waals surface area contributed by atoms with Crippen molar-refractivity contribution in [3.05, 3.63) is 118 Å². The molecule has 0 atom stereocenters. The number of nitrogens with zero attached hydrogens (tertiary/aromatic N) is 4. The normalized spacial score (nSPS) is 10.0. The van der Waals surface area contributed by atoms with Crippen LogP contribution in [0, 0.1) is 0 Å². The molecule has 0 aromatic heterocycles. The van der Waals surface area contributed by atoms with Gasteiger partial charge in [0.25, 0.3) is 0 Å². The first kappa shape index (κ1) is 43.7. The zero-order valence-electron chi connectivity index (χ0n) is 29.1. The van der Waals surface area contributed by atoms with E-state index in [1.807, 2.05) is 62.4 Å². The van der Waals surface area contributed by atoms with E-state index in [9.17, 15) is 33.9 Å². The summed E-state index contributed by atoms with van der Waals surface area (Å²) in [4.78, 5) is 78.1. The predicted octanol–water partition coefficient (Wildman–Crippen LogP) is 6.65. The summed E-state index contributed by atoms with van der Waals surface area (Å²) in [6.45, 7) is 4.52. The first-order valence-electron chi connectivity index (χ1n) is 15.8. The molecule has 1 radical (unpaired) electrons. The molecular formula is C38H37Cl2N4O7Y-. The Labute approximate surface area is 338 Å². The summed E-state index contributed by atoms with van der Waals surface area (Å²) >= 11 is 11.9. The van der Waals surface area contributed by atoms with Crippen molar-refractivity contribution >= 4 is 81.8 Å². The summed E-state index contributed by atoms with van der Waals surface area (Å²) in [5.41, 5.74) is 1.82. The van der Waals surface area contributed by atoms with E-state index in [0.29, 0.717) is 24.5 Å². The standard InChI is InChI=1S/C19H19ClN2O4.C19H18ClN2O3.Y/c1-3-22(13-8-5-4-6-9-13)17(24)12-16(23)21(2)15-11-7-10-14(20)18(15)19(25)26;1-3-22(14-8-5-4-6-9-14)19(25)12-18(24)21(2)17-11-7-10-16(20)15(17)13-23;/h4-11H,3,12H2,1-2H3,(H,25,26);4-11H,3,12H2,1-2H3;/q;-1;. The van der Waals surface area contributed by atoms with Crippen LogP contribution < -0.4 is 19.6 Å². The molecule has 0 aliphatic rings. The molecule has 0 fully saturated rings. The molecule has 0 heterocycles. The zero-order chi connectivity index (χ0) is 37.7. The molecule has 52 heavy (non-hydrogen) atoms. The number of hydrogen-bond acceptors (Lipinski definition) is 6. The summed E-state index contributed by atoms with van der Waals surface area (Å²) in [7, 11) is 2.92. The van der Waals surface area contributed by atoms with Gasteiger partial charge in [-0.2, -0.15) is 11.6 Å². The first-order chi connectivity index (χ1) is 24.4. The molecule has 0 aliphatic heterocycles. The van der Waals surface area contributed by atoms with Gasteiger partial charge in [0.05, 0.1) is 17.0 Å². The summed E-state index contributed by atoms with van der Waals surface area (Å²) in [6, 6.07) is 27.4. The fourth-order valence-corrected chi connectivity index (χ4v) is 5.53. The molecule has 0 unspecified atom stereocenters. The number of carboxylic acids is 1. The van der Waals surface area contributed by atoms with Gasteiger partial charge in [-0.15, -0.1) is 11.6 Å². The number of benzene rings is 4. The number of rotatable bonds is 12. The monoisotopic (exact) mass is 820 g/mol. The number of carbonyl (C=O) groups is 5. The second kappa shape index (κ2) is 21.2. The molecule has 4 rings (SSSR count). The molecule has 0 saturated carbocycles. The number of carboxylic acid groups (broad SMARTS) is 1. The van der Waals surface area contributed by atoms with Crippen molar-refractivity contribution in [1.29, 1.82) is 0 Å². The Balaban J connectivity index is 0.000000354. The van der Waals surface area contributed by atoms with Crippen LogP contribution in [-0.4, -0.2) is 68.2 Å². The molecule has 14 heteroatoms. The van der Waals surface area contributed by atoms with E-state index in [2.05, 4.69) is 0 Å². The molecule has 4 aromatic carbocycles. The Hall–Kier alpha value is -4.42. The van der Waals surface area contributed by atoms with Gasteiger partial charge in [0.15, 0.2) is 0 Å². The van der Waals surface area contributed by atoms with Crippen molar-refractivity contribution < 1.29 is 66.6 Å². The Kier molecular flexibility index (Phi) is 17.8. The Morgan fingerprint density at radius 3 is 1.40 bits per heavy atom. The van der Waals surface area contributed by atoms with Crippen LogP contribution in [0.3, 0.4) is 0 Å². The third kappa shape index (κ3) is 11.3. The minimum absolute atomic E-state index is 0. The number of hydrogen-bond donors (Lipinski definition) is 1. The van der Waals surface area contributed by atoms with Crippen LogP contribution in [-0.2, 0) is 56.7 Å². The maximum Gasteiger partial charge on any atom is 0.339 e. The van der Waals surface area contributed by atoms with E-state index in [-0.39, 0.29) is 84.2 Å². The number of para-hydroxylation sites is 2. The second-order valence-electron chi connectivity index (χ2n) is 10.9. The maximum absolute atomic E-state index is 12.5. The number of amides is 4. The van der Waals surface area contributed by atoms with Crippen molar-refractivity contribution in [1.82, 2.24) is 0 Å². The third-order valence-corrected chi connectivity index (χ3v) is 8.38. The van der Waals surface area contributed by atoms with Crippen molar-refractivity contribution in [3.8, 4) is 0 Å². The topological polar surface area (TPSA) is 136 Å². The van der Waals surface area contributed by atoms with Crippen LogP contribution in [0.4, 0.5) is 22.7 Å². The van der Waals surface area contributed by atoms with Crippen LogP contribution in [0.2, 0.25) is 10.0 Å². The molecular weight excluding hydrogens is 784 g/mol. The summed E-state index contributed by atoms with van der Waals surface area (Å²) in [5, 5.41) is 9.57. The number of carbonyl (C=O) groups excluding carboxylic acids is 5. The molecule has 1 N–H and O–H groups in total. The molecule has 4 amide bonds. The molecule has 11 nitrogen and oxygen atoms in total. The van der Waals surface area contributed by atoms with Gasteiger partial charge < -0.3 is 29.5 Å². The summed E-state index contributed by atoms with van der Waals surface area (Å²) in [6.07, 6.45) is 1.04. The van der Waals surface area contributed by atoms with E-state index < -0.39 is 17.8 Å².